The predicted octanol–water partition coefficient (Wildman–Crippen LogP) is 2.37. The number of non-ortho nitro benzene ring substituents is 1. The quantitative estimate of drug-likeness (QED) is 0.0712. The minimum absolute atomic E-state index is 0. The third kappa shape index (κ3) is 9.16. The van der Waals surface area contributed by atoms with Gasteiger partial charge in [0.05, 0.1) is 31.8 Å². The van der Waals surface area contributed by atoms with Gasteiger partial charge in [0.2, 0.25) is 0 Å². The Hall–Kier alpha value is -4.54. The van der Waals surface area contributed by atoms with Crippen LogP contribution in [-0.4, -0.2) is 41.1 Å². The molecule has 0 aliphatic heterocycles. The van der Waals surface area contributed by atoms with Gasteiger partial charge in [-0.2, -0.15) is 5.11 Å². The summed E-state index contributed by atoms with van der Waals surface area (Å²) < 4.78 is 70.4. The molecule has 0 saturated carbocycles. The van der Waals surface area contributed by atoms with E-state index < -0.39 is 52.1 Å². The Morgan fingerprint density at radius 1 is 0.547 bits per heavy atom. The second kappa shape index (κ2) is 16.6. The summed E-state index contributed by atoms with van der Waals surface area (Å²) in [6.45, 7) is 0. The summed E-state index contributed by atoms with van der Waals surface area (Å²) in [5, 5.41) is 58.6. The van der Waals surface area contributed by atoms with E-state index in [1.54, 1.807) is 18.2 Å². The van der Waals surface area contributed by atoms with Gasteiger partial charge in [-0.05, 0) is 47.9 Å². The Labute approximate surface area is 344 Å². The molecule has 2 N–H and O–H groups in total. The average Bonchev–Trinajstić information content (AvgIpc) is 3.09. The van der Waals surface area contributed by atoms with E-state index in [-0.39, 0.29) is 109 Å². The molecular weight excluding hydrogens is 753 g/mol. The van der Waals surface area contributed by atoms with Gasteiger partial charge < -0.3 is 19.3 Å². The third-order valence-corrected chi connectivity index (χ3v) is 9.04. The van der Waals surface area contributed by atoms with Crippen LogP contribution in [0.2, 0.25) is 0 Å². The second-order valence-electron chi connectivity index (χ2n) is 10.5. The Morgan fingerprint density at radius 3 is 1.75 bits per heavy atom. The summed E-state index contributed by atoms with van der Waals surface area (Å²) in [5.74, 6) is -1.49. The van der Waals surface area contributed by atoms with Crippen LogP contribution in [0.3, 0.4) is 0 Å². The zero-order valence-electron chi connectivity index (χ0n) is 27.4. The van der Waals surface area contributed by atoms with Gasteiger partial charge in [-0.15, -0.1) is 25.6 Å². The largest absolute Gasteiger partial charge is 1.00 e. The van der Waals surface area contributed by atoms with E-state index in [0.29, 0.717) is 5.39 Å². The molecular formula is C32H19N7Na2O10S2. The molecule has 0 fully saturated rings. The molecule has 6 aromatic rings. The molecule has 0 amide bonds. The topological polar surface area (TPSA) is 272 Å². The maximum absolute atomic E-state index is 11.8. The zero-order valence-corrected chi connectivity index (χ0v) is 33.1. The Kier molecular flexibility index (Phi) is 12.9. The molecule has 0 heterocycles. The Morgan fingerprint density at radius 2 is 1.13 bits per heavy atom. The number of aromatic hydroxyl groups is 2. The van der Waals surface area contributed by atoms with Gasteiger partial charge in [0.25, 0.3) is 5.69 Å². The molecule has 0 unspecified atom stereocenters. The van der Waals surface area contributed by atoms with Crippen LogP contribution in [0, 0.1) is 10.1 Å². The van der Waals surface area contributed by atoms with Crippen LogP contribution in [-0.2, 0) is 20.2 Å². The van der Waals surface area contributed by atoms with Gasteiger partial charge in [0.15, 0.2) is 17.2 Å². The molecule has 0 saturated heterocycles. The molecule has 17 nitrogen and oxygen atoms in total. The Bertz CT molecular complexity index is 2710. The standard InChI is InChI=1S/C32H21N7O10S2.2Na/c40-31-27(36-33-19-9-11-20(12-10-19)39(42)43)17-28(37-34-25-7-3-4-18-8-13-21(16-24(18)25)50(44,45)46)32(41)30(31)38-35-26-14-15-29(51(47,48)49)23-6-2-1-5-22(23)26;;/h1-17,40-41H,(H,44,45,46)(H,47,48,49);;/q;2*+1/p-2. The third-order valence-electron chi connectivity index (χ3n) is 7.31. The monoisotopic (exact) mass is 771 g/mol. The van der Waals surface area contributed by atoms with Gasteiger partial charge in [-0.3, -0.25) is 10.1 Å². The van der Waals surface area contributed by atoms with Crippen LogP contribution >= 0.6 is 0 Å². The van der Waals surface area contributed by atoms with Crippen molar-refractivity contribution in [1.29, 1.82) is 0 Å². The molecule has 0 aliphatic carbocycles. The summed E-state index contributed by atoms with van der Waals surface area (Å²) in [6.07, 6.45) is 0. The number of hydrogen-bond acceptors (Lipinski definition) is 16. The molecule has 0 aliphatic rings. The van der Waals surface area contributed by atoms with Gasteiger partial charge in [-0.1, -0.05) is 42.5 Å². The average molecular weight is 772 g/mol. The fraction of sp³-hybridized carbons (Fsp3) is 0. The first-order valence-corrected chi connectivity index (χ1v) is 17.1. The number of nitro groups is 1. The van der Waals surface area contributed by atoms with E-state index in [9.17, 15) is 46.3 Å². The molecule has 0 radical (unpaired) electrons. The normalized spacial score (nSPS) is 12.0. The number of fused-ring (bicyclic) bond motifs is 2. The number of nitrogens with zero attached hydrogens (tertiary/aromatic N) is 7. The fourth-order valence-electron chi connectivity index (χ4n) is 4.87. The Balaban J connectivity index is 0.00000314. The van der Waals surface area contributed by atoms with Crippen molar-refractivity contribution in [3.63, 3.8) is 0 Å². The number of phenols is 2. The van der Waals surface area contributed by atoms with Gasteiger partial charge in [0.1, 0.15) is 31.6 Å². The summed E-state index contributed by atoms with van der Waals surface area (Å²) >= 11 is 0. The molecule has 0 atom stereocenters. The molecule has 0 spiro atoms. The molecule has 53 heavy (non-hydrogen) atoms. The summed E-state index contributed by atoms with van der Waals surface area (Å²) in [7, 11) is -9.66. The van der Waals surface area contributed by atoms with E-state index in [1.807, 2.05) is 0 Å². The van der Waals surface area contributed by atoms with E-state index in [1.165, 1.54) is 60.7 Å². The van der Waals surface area contributed by atoms with Crippen molar-refractivity contribution in [2.45, 2.75) is 9.79 Å². The van der Waals surface area contributed by atoms with E-state index in [2.05, 4.69) is 30.7 Å². The van der Waals surface area contributed by atoms with Crippen molar-refractivity contribution in [3.05, 3.63) is 113 Å². The first-order chi connectivity index (χ1) is 24.2. The van der Waals surface area contributed by atoms with Crippen LogP contribution in [0.5, 0.6) is 11.5 Å². The molecule has 6 rings (SSSR count). The van der Waals surface area contributed by atoms with Crippen LogP contribution in [0.1, 0.15) is 0 Å². The number of hydrogen-bond donors (Lipinski definition) is 2. The van der Waals surface area contributed by atoms with Crippen molar-refractivity contribution in [2.24, 2.45) is 30.7 Å². The van der Waals surface area contributed by atoms with Gasteiger partial charge >= 0.3 is 59.1 Å². The molecule has 256 valence electrons. The minimum atomic E-state index is -4.85. The molecule has 0 aromatic heterocycles. The minimum Gasteiger partial charge on any atom is -0.744 e. The number of benzene rings is 6. The van der Waals surface area contributed by atoms with Crippen LogP contribution in [0.4, 0.5) is 39.8 Å². The number of phenolic OH excluding ortho intramolecular Hbond substituents is 2. The number of azo groups is 3. The first kappa shape index (κ1) is 41.2. The van der Waals surface area contributed by atoms with Crippen molar-refractivity contribution in [2.75, 3.05) is 0 Å². The fourth-order valence-corrected chi connectivity index (χ4v) is 6.05. The SMILES string of the molecule is O=[N+]([O-])c1ccc(N=Nc2cc(N=Nc3cccc4ccc(S(=O)(=O)[O-])cc34)c(O)c(N=Nc3ccc(S(=O)(=O)[O-])c4ccccc34)c2O)cc1.[Na+].[Na+]. The smallest absolute Gasteiger partial charge is 0.744 e. The van der Waals surface area contributed by atoms with Crippen molar-refractivity contribution < 1.29 is 100 Å². The van der Waals surface area contributed by atoms with Gasteiger partial charge in [0, 0.05) is 34.4 Å². The van der Waals surface area contributed by atoms with Crippen LogP contribution < -0.4 is 59.1 Å². The maximum Gasteiger partial charge on any atom is 1.00 e. The maximum atomic E-state index is 11.8. The van der Waals surface area contributed by atoms with Gasteiger partial charge in [-0.25, -0.2) is 16.8 Å². The predicted molar refractivity (Wildman–Crippen MR) is 179 cm³/mol. The van der Waals surface area contributed by atoms with E-state index in [0.717, 1.165) is 24.3 Å². The van der Waals surface area contributed by atoms with E-state index in [4.69, 9.17) is 0 Å². The number of nitro benzene ring substituents is 1. The summed E-state index contributed by atoms with van der Waals surface area (Å²) in [5.41, 5.74) is -1.12. The second-order valence-corrected chi connectivity index (χ2v) is 13.3. The van der Waals surface area contributed by atoms with E-state index >= 15 is 0 Å². The van der Waals surface area contributed by atoms with Crippen molar-refractivity contribution >= 4 is 81.6 Å². The van der Waals surface area contributed by atoms with Crippen LogP contribution in [0.15, 0.2) is 144 Å². The summed E-state index contributed by atoms with van der Waals surface area (Å²) in [6, 6.07) is 22.7. The number of rotatable bonds is 9. The molecule has 0 bridgehead atoms. The molecule has 21 heteroatoms. The summed E-state index contributed by atoms with van der Waals surface area (Å²) in [4.78, 5) is 9.41. The van der Waals surface area contributed by atoms with Crippen LogP contribution in [0.25, 0.3) is 21.5 Å². The van der Waals surface area contributed by atoms with Crippen molar-refractivity contribution in [1.82, 2.24) is 0 Å². The molecule has 6 aromatic carbocycles. The zero-order chi connectivity index (χ0) is 36.5. The first-order valence-electron chi connectivity index (χ1n) is 14.3. The van der Waals surface area contributed by atoms with Crippen molar-refractivity contribution in [3.8, 4) is 11.5 Å².